The molecule has 104 valence electrons. The van der Waals surface area contributed by atoms with Gasteiger partial charge in [0.1, 0.15) is 0 Å². The minimum Gasteiger partial charge on any atom is -0.545 e. The Bertz CT molecular complexity index is 457. The van der Waals surface area contributed by atoms with E-state index in [1.807, 2.05) is 6.07 Å². The number of hydrogen-bond donors (Lipinski definition) is 1. The number of hydrogen-bond acceptors (Lipinski definition) is 3. The van der Waals surface area contributed by atoms with Gasteiger partial charge in [-0.3, -0.25) is 0 Å². The molecule has 1 aromatic carbocycles. The second-order valence-corrected chi connectivity index (χ2v) is 5.32. The lowest BCUT2D eigenvalue weighted by atomic mass is 10.1. The summed E-state index contributed by atoms with van der Waals surface area (Å²) in [7, 11) is 0. The molecule has 5 heteroatoms. The van der Waals surface area contributed by atoms with E-state index >= 15 is 0 Å². The largest absolute Gasteiger partial charge is 0.545 e. The Kier molecular flexibility index (Phi) is 4.66. The Hall–Kier alpha value is -1.26. The first-order valence-corrected chi connectivity index (χ1v) is 7.09. The van der Waals surface area contributed by atoms with Gasteiger partial charge in [0.15, 0.2) is 0 Å². The summed E-state index contributed by atoms with van der Waals surface area (Å²) in [6, 6.07) is 5.19. The van der Waals surface area contributed by atoms with E-state index in [4.69, 9.17) is 11.6 Å². The molecule has 4 nitrogen and oxygen atoms in total. The SMILES string of the molecule is CCC[NH+]1CCN(c2cccc(Cl)c2C(=O)[O-])CC1. The summed E-state index contributed by atoms with van der Waals surface area (Å²) in [5.41, 5.74) is 0.797. The van der Waals surface area contributed by atoms with Crippen molar-refractivity contribution < 1.29 is 14.8 Å². The second-order valence-electron chi connectivity index (χ2n) is 4.91. The standard InChI is InChI=1S/C14H19ClN2O2/c1-2-6-16-7-9-17(10-8-16)12-5-3-4-11(15)13(12)14(18)19/h3-5H,2,6-10H2,1H3,(H,18,19). The lowest BCUT2D eigenvalue weighted by molar-refractivity contribution is -0.900. The van der Waals surface area contributed by atoms with E-state index in [2.05, 4.69) is 11.8 Å². The first kappa shape index (κ1) is 14.2. The van der Waals surface area contributed by atoms with Gasteiger partial charge in [-0.15, -0.1) is 0 Å². The molecule has 1 aliphatic heterocycles. The third-order valence-electron chi connectivity index (χ3n) is 3.61. The molecule has 0 atom stereocenters. The van der Waals surface area contributed by atoms with Crippen LogP contribution < -0.4 is 14.9 Å². The summed E-state index contributed by atoms with van der Waals surface area (Å²) in [6.45, 7) is 7.15. The third kappa shape index (κ3) is 3.19. The molecule has 2 rings (SSSR count). The van der Waals surface area contributed by atoms with E-state index in [9.17, 15) is 9.90 Å². The van der Waals surface area contributed by atoms with Crippen LogP contribution in [0.3, 0.4) is 0 Å². The molecule has 1 aliphatic rings. The highest BCUT2D eigenvalue weighted by atomic mass is 35.5. The van der Waals surface area contributed by atoms with Crippen molar-refractivity contribution in [3.8, 4) is 0 Å². The van der Waals surface area contributed by atoms with E-state index in [0.29, 0.717) is 5.69 Å². The summed E-state index contributed by atoms with van der Waals surface area (Å²) in [6.07, 6.45) is 1.18. The maximum absolute atomic E-state index is 11.2. The zero-order valence-electron chi connectivity index (χ0n) is 11.1. The van der Waals surface area contributed by atoms with Crippen LogP contribution in [-0.4, -0.2) is 38.7 Å². The average Bonchev–Trinajstić information content (AvgIpc) is 2.39. The van der Waals surface area contributed by atoms with Crippen molar-refractivity contribution in [3.63, 3.8) is 0 Å². The summed E-state index contributed by atoms with van der Waals surface area (Å²) in [5.74, 6) is -1.20. The van der Waals surface area contributed by atoms with Crippen molar-refractivity contribution >= 4 is 23.3 Å². The van der Waals surface area contributed by atoms with Gasteiger partial charge in [0.05, 0.1) is 43.7 Å². The lowest BCUT2D eigenvalue weighted by Gasteiger charge is -2.34. The van der Waals surface area contributed by atoms with Crippen LogP contribution >= 0.6 is 11.6 Å². The van der Waals surface area contributed by atoms with Crippen LogP contribution in [-0.2, 0) is 0 Å². The maximum Gasteiger partial charge on any atom is 0.0949 e. The molecule has 0 aromatic heterocycles. The Labute approximate surface area is 118 Å². The second kappa shape index (κ2) is 6.26. The third-order valence-corrected chi connectivity index (χ3v) is 3.93. The number of rotatable bonds is 4. The Morgan fingerprint density at radius 2 is 2.11 bits per heavy atom. The fraction of sp³-hybridized carbons (Fsp3) is 0.500. The van der Waals surface area contributed by atoms with Crippen LogP contribution in [0.25, 0.3) is 0 Å². The number of quaternary nitrogens is 1. The fourth-order valence-corrected chi connectivity index (χ4v) is 2.89. The fourth-order valence-electron chi connectivity index (χ4n) is 2.65. The monoisotopic (exact) mass is 282 g/mol. The smallest absolute Gasteiger partial charge is 0.0949 e. The molecule has 19 heavy (non-hydrogen) atoms. The first-order chi connectivity index (χ1) is 9.13. The van der Waals surface area contributed by atoms with Crippen molar-refractivity contribution in [1.82, 2.24) is 0 Å². The van der Waals surface area contributed by atoms with Crippen LogP contribution in [0.4, 0.5) is 5.69 Å². The molecular weight excluding hydrogens is 264 g/mol. The predicted molar refractivity (Wildman–Crippen MR) is 73.9 cm³/mol. The Balaban J connectivity index is 2.15. The highest BCUT2D eigenvalue weighted by molar-refractivity contribution is 6.34. The Morgan fingerprint density at radius 1 is 1.42 bits per heavy atom. The minimum atomic E-state index is -1.20. The van der Waals surface area contributed by atoms with Crippen LogP contribution in [0.5, 0.6) is 0 Å². The number of benzene rings is 1. The molecule has 1 aromatic rings. The number of carboxylic acids is 1. The van der Waals surface area contributed by atoms with E-state index in [1.54, 1.807) is 17.0 Å². The summed E-state index contributed by atoms with van der Waals surface area (Å²) >= 11 is 5.97. The highest BCUT2D eigenvalue weighted by Crippen LogP contribution is 2.26. The van der Waals surface area contributed by atoms with Crippen molar-refractivity contribution in [2.75, 3.05) is 37.6 Å². The molecular formula is C14H19ClN2O2. The molecule has 1 fully saturated rings. The number of piperazine rings is 1. The number of carbonyl (C=O) groups excluding carboxylic acids is 1. The van der Waals surface area contributed by atoms with Gasteiger partial charge in [0.25, 0.3) is 0 Å². The van der Waals surface area contributed by atoms with Gasteiger partial charge < -0.3 is 19.7 Å². The molecule has 0 aliphatic carbocycles. The molecule has 1 heterocycles. The number of halogens is 1. The molecule has 0 radical (unpaired) electrons. The normalized spacial score (nSPS) is 16.6. The van der Waals surface area contributed by atoms with Gasteiger partial charge in [0, 0.05) is 11.3 Å². The molecule has 0 saturated carbocycles. The summed E-state index contributed by atoms with van der Waals surface area (Å²) in [5, 5.41) is 11.5. The molecule has 1 N–H and O–H groups in total. The molecule has 0 bridgehead atoms. The van der Waals surface area contributed by atoms with Crippen LogP contribution in [0.2, 0.25) is 5.02 Å². The van der Waals surface area contributed by atoms with Gasteiger partial charge in [-0.1, -0.05) is 24.6 Å². The van der Waals surface area contributed by atoms with Gasteiger partial charge in [0.2, 0.25) is 0 Å². The number of nitrogens with one attached hydrogen (secondary N) is 1. The summed E-state index contributed by atoms with van der Waals surface area (Å²) in [4.78, 5) is 14.9. The van der Waals surface area contributed by atoms with Gasteiger partial charge in [-0.2, -0.15) is 0 Å². The predicted octanol–water partition coefficient (Wildman–Crippen LogP) is -0.182. The minimum absolute atomic E-state index is 0.114. The van der Waals surface area contributed by atoms with Crippen LogP contribution in [0.1, 0.15) is 23.7 Å². The van der Waals surface area contributed by atoms with E-state index < -0.39 is 5.97 Å². The maximum atomic E-state index is 11.2. The van der Waals surface area contributed by atoms with E-state index in [1.165, 1.54) is 13.0 Å². The molecule has 0 unspecified atom stereocenters. The van der Waals surface area contributed by atoms with Crippen molar-refractivity contribution in [3.05, 3.63) is 28.8 Å². The van der Waals surface area contributed by atoms with Crippen LogP contribution in [0.15, 0.2) is 18.2 Å². The first-order valence-electron chi connectivity index (χ1n) is 6.72. The molecule has 0 spiro atoms. The van der Waals surface area contributed by atoms with Crippen molar-refractivity contribution in [2.45, 2.75) is 13.3 Å². The quantitative estimate of drug-likeness (QED) is 0.833. The van der Waals surface area contributed by atoms with Crippen LogP contribution in [0, 0.1) is 0 Å². The molecule has 1 saturated heterocycles. The topological polar surface area (TPSA) is 47.8 Å². The number of carbonyl (C=O) groups is 1. The number of anilines is 1. The number of nitrogens with zero attached hydrogens (tertiary/aromatic N) is 1. The number of carboxylic acid groups (broad SMARTS) is 1. The average molecular weight is 283 g/mol. The number of aromatic carboxylic acids is 1. The van der Waals surface area contributed by atoms with Gasteiger partial charge >= 0.3 is 0 Å². The van der Waals surface area contributed by atoms with E-state index in [-0.39, 0.29) is 10.6 Å². The summed E-state index contributed by atoms with van der Waals surface area (Å²) < 4.78 is 0. The van der Waals surface area contributed by atoms with E-state index in [0.717, 1.165) is 26.2 Å². The molecule has 0 amide bonds. The highest BCUT2D eigenvalue weighted by Gasteiger charge is 2.22. The zero-order valence-corrected chi connectivity index (χ0v) is 11.9. The van der Waals surface area contributed by atoms with Gasteiger partial charge in [-0.05, 0) is 18.6 Å². The lowest BCUT2D eigenvalue weighted by Crippen LogP contribution is -3.14. The van der Waals surface area contributed by atoms with Crippen molar-refractivity contribution in [2.24, 2.45) is 0 Å². The Morgan fingerprint density at radius 3 is 2.68 bits per heavy atom. The zero-order chi connectivity index (χ0) is 13.8. The van der Waals surface area contributed by atoms with Gasteiger partial charge in [-0.25, -0.2) is 0 Å². The van der Waals surface area contributed by atoms with Crippen molar-refractivity contribution in [1.29, 1.82) is 0 Å².